The second kappa shape index (κ2) is 9.27. The first-order valence-corrected chi connectivity index (χ1v) is 10.1. The Morgan fingerprint density at radius 1 is 0.656 bits per heavy atom. The fourth-order valence-corrected chi connectivity index (χ4v) is 3.58. The fourth-order valence-electron chi connectivity index (χ4n) is 2.48. The molecule has 2 aromatic carbocycles. The van der Waals surface area contributed by atoms with Gasteiger partial charge in [0.15, 0.2) is 0 Å². The molecule has 0 bridgehead atoms. The van der Waals surface area contributed by atoms with Gasteiger partial charge in [0.2, 0.25) is 10.0 Å². The number of nitrogens with one attached hydrogen (secondary N) is 2. The third kappa shape index (κ3) is 7.10. The van der Waals surface area contributed by atoms with Crippen LogP contribution in [0.15, 0.2) is 47.4 Å². The van der Waals surface area contributed by atoms with E-state index in [1.165, 1.54) is 12.1 Å². The van der Waals surface area contributed by atoms with E-state index < -0.39 is 56.7 Å². The van der Waals surface area contributed by atoms with Crippen LogP contribution in [-0.2, 0) is 35.1 Å². The Labute approximate surface area is 176 Å². The van der Waals surface area contributed by atoms with Gasteiger partial charge in [0.1, 0.15) is 0 Å². The lowest BCUT2D eigenvalue weighted by atomic mass is 10.1. The maximum absolute atomic E-state index is 12.9. The number of halogens is 9. The molecule has 0 heterocycles. The van der Waals surface area contributed by atoms with Crippen molar-refractivity contribution in [3.63, 3.8) is 0 Å². The number of benzene rings is 2. The summed E-state index contributed by atoms with van der Waals surface area (Å²) in [5.41, 5.74) is -3.96. The van der Waals surface area contributed by atoms with Crippen LogP contribution in [-0.4, -0.2) is 21.5 Å². The molecule has 0 atom stereocenters. The molecule has 0 aliphatic rings. The van der Waals surface area contributed by atoms with Gasteiger partial charge in [-0.2, -0.15) is 39.5 Å². The summed E-state index contributed by atoms with van der Waals surface area (Å²) in [5.74, 6) is 0. The number of sulfonamides is 1. The van der Waals surface area contributed by atoms with Crippen LogP contribution in [0.5, 0.6) is 0 Å². The van der Waals surface area contributed by atoms with Gasteiger partial charge in [-0.05, 0) is 35.9 Å². The van der Waals surface area contributed by atoms with Gasteiger partial charge >= 0.3 is 18.5 Å². The smallest absolute Gasteiger partial charge is 0.311 e. The Kier molecular flexibility index (Phi) is 7.52. The molecule has 0 amide bonds. The topological polar surface area (TPSA) is 58.2 Å². The largest absolute Gasteiger partial charge is 0.416 e. The van der Waals surface area contributed by atoms with E-state index in [1.807, 2.05) is 4.72 Å². The van der Waals surface area contributed by atoms with Crippen LogP contribution in [0.25, 0.3) is 0 Å². The molecule has 0 spiro atoms. The SMILES string of the molecule is O=S(=O)(NCCNCc1ccc(C(F)(F)F)cc1)c1cc(C(F)(F)F)cc(C(F)(F)F)c1. The Balaban J connectivity index is 2.01. The van der Waals surface area contributed by atoms with Gasteiger partial charge in [0, 0.05) is 19.6 Å². The van der Waals surface area contributed by atoms with Crippen LogP contribution in [0.3, 0.4) is 0 Å². The monoisotopic (exact) mass is 494 g/mol. The summed E-state index contributed by atoms with van der Waals surface area (Å²) in [6.07, 6.45) is -14.9. The Morgan fingerprint density at radius 2 is 1.12 bits per heavy atom. The second-order valence-electron chi connectivity index (χ2n) is 6.51. The summed E-state index contributed by atoms with van der Waals surface area (Å²) in [7, 11) is -4.71. The van der Waals surface area contributed by atoms with E-state index in [4.69, 9.17) is 0 Å². The molecule has 2 N–H and O–H groups in total. The third-order valence-corrected chi connectivity index (χ3v) is 5.52. The first-order valence-electron chi connectivity index (χ1n) is 8.66. The third-order valence-electron chi connectivity index (χ3n) is 4.08. The molecule has 14 heteroatoms. The zero-order valence-corrected chi connectivity index (χ0v) is 16.6. The predicted molar refractivity (Wildman–Crippen MR) is 94.8 cm³/mol. The van der Waals surface area contributed by atoms with E-state index in [9.17, 15) is 47.9 Å². The molecule has 0 aromatic heterocycles. The van der Waals surface area contributed by atoms with Crippen molar-refractivity contribution in [2.45, 2.75) is 30.0 Å². The van der Waals surface area contributed by atoms with E-state index in [1.54, 1.807) is 0 Å². The number of hydrogen-bond acceptors (Lipinski definition) is 3. The maximum Gasteiger partial charge on any atom is 0.416 e. The van der Waals surface area contributed by atoms with Crippen molar-refractivity contribution in [3.8, 4) is 0 Å². The van der Waals surface area contributed by atoms with E-state index in [-0.39, 0.29) is 31.3 Å². The second-order valence-corrected chi connectivity index (χ2v) is 8.28. The van der Waals surface area contributed by atoms with Crippen molar-refractivity contribution in [1.29, 1.82) is 0 Å². The van der Waals surface area contributed by atoms with E-state index in [2.05, 4.69) is 5.32 Å². The highest BCUT2D eigenvalue weighted by atomic mass is 32.2. The summed E-state index contributed by atoms with van der Waals surface area (Å²) < 4.78 is 141. The zero-order chi connectivity index (χ0) is 24.4. The van der Waals surface area contributed by atoms with Crippen molar-refractivity contribution < 1.29 is 47.9 Å². The van der Waals surface area contributed by atoms with Gasteiger partial charge in [0.25, 0.3) is 0 Å². The van der Waals surface area contributed by atoms with Crippen LogP contribution in [0.2, 0.25) is 0 Å². The molecule has 2 aromatic rings. The molecule has 2 rings (SSSR count). The average Bonchev–Trinajstić information content (AvgIpc) is 2.65. The van der Waals surface area contributed by atoms with Gasteiger partial charge in [0.05, 0.1) is 21.6 Å². The minimum Gasteiger partial charge on any atom is -0.311 e. The lowest BCUT2D eigenvalue weighted by Gasteiger charge is -2.15. The van der Waals surface area contributed by atoms with E-state index >= 15 is 0 Å². The average molecular weight is 494 g/mol. The van der Waals surface area contributed by atoms with Gasteiger partial charge in [-0.25, -0.2) is 13.1 Å². The zero-order valence-electron chi connectivity index (χ0n) is 15.8. The number of alkyl halides is 9. The lowest BCUT2D eigenvalue weighted by Crippen LogP contribution is -2.32. The summed E-state index contributed by atoms with van der Waals surface area (Å²) in [5, 5.41) is 2.69. The Hall–Kier alpha value is -2.32. The van der Waals surface area contributed by atoms with Gasteiger partial charge < -0.3 is 5.32 Å². The summed E-state index contributed by atoms with van der Waals surface area (Å²) in [6.45, 7) is -0.465. The van der Waals surface area contributed by atoms with Crippen LogP contribution in [0, 0.1) is 0 Å². The number of rotatable bonds is 7. The van der Waals surface area contributed by atoms with Crippen molar-refractivity contribution in [3.05, 3.63) is 64.7 Å². The van der Waals surface area contributed by atoms with Crippen molar-refractivity contribution in [1.82, 2.24) is 10.0 Å². The van der Waals surface area contributed by atoms with Crippen LogP contribution in [0.4, 0.5) is 39.5 Å². The molecule has 0 unspecified atom stereocenters. The van der Waals surface area contributed by atoms with Crippen LogP contribution >= 0.6 is 0 Å². The predicted octanol–water partition coefficient (Wildman–Crippen LogP) is 4.81. The normalized spacial score (nSPS) is 13.4. The minimum absolute atomic E-state index is 0.0433. The Morgan fingerprint density at radius 3 is 1.56 bits per heavy atom. The molecule has 0 aliphatic heterocycles. The number of hydrogen-bond donors (Lipinski definition) is 2. The molecule has 32 heavy (non-hydrogen) atoms. The molecule has 0 saturated heterocycles. The molecule has 178 valence electrons. The van der Waals surface area contributed by atoms with E-state index in [0.29, 0.717) is 5.56 Å². The van der Waals surface area contributed by atoms with Crippen molar-refractivity contribution in [2.75, 3.05) is 13.1 Å². The molecular weight excluding hydrogens is 479 g/mol. The Bertz CT molecular complexity index is 996. The molecule has 0 radical (unpaired) electrons. The first-order chi connectivity index (χ1) is 14.5. The molecule has 0 fully saturated rings. The highest BCUT2D eigenvalue weighted by Crippen LogP contribution is 2.37. The molecule has 4 nitrogen and oxygen atoms in total. The molecular formula is C18H15F9N2O2S. The lowest BCUT2D eigenvalue weighted by molar-refractivity contribution is -0.143. The maximum atomic E-state index is 12.9. The highest BCUT2D eigenvalue weighted by molar-refractivity contribution is 7.89. The highest BCUT2D eigenvalue weighted by Gasteiger charge is 2.38. The first kappa shape index (κ1) is 25.9. The minimum atomic E-state index is -5.20. The molecule has 0 saturated carbocycles. The summed E-state index contributed by atoms with van der Waals surface area (Å²) in [4.78, 5) is -1.21. The quantitative estimate of drug-likeness (QED) is 0.429. The van der Waals surface area contributed by atoms with E-state index in [0.717, 1.165) is 12.1 Å². The van der Waals surface area contributed by atoms with Gasteiger partial charge in [-0.1, -0.05) is 12.1 Å². The van der Waals surface area contributed by atoms with Gasteiger partial charge in [-0.15, -0.1) is 0 Å². The summed E-state index contributed by atoms with van der Waals surface area (Å²) in [6, 6.07) is 4.09. The summed E-state index contributed by atoms with van der Waals surface area (Å²) >= 11 is 0. The van der Waals surface area contributed by atoms with Crippen molar-refractivity contribution in [2.24, 2.45) is 0 Å². The fraction of sp³-hybridized carbons (Fsp3) is 0.333. The molecule has 0 aliphatic carbocycles. The van der Waals surface area contributed by atoms with Crippen LogP contribution in [0.1, 0.15) is 22.3 Å². The van der Waals surface area contributed by atoms with Crippen LogP contribution < -0.4 is 10.0 Å². The van der Waals surface area contributed by atoms with Gasteiger partial charge in [-0.3, -0.25) is 0 Å². The van der Waals surface area contributed by atoms with Crippen molar-refractivity contribution >= 4 is 10.0 Å². The standard InChI is InChI=1S/C18H15F9N2O2S/c19-16(20,21)12-3-1-11(2-4-12)10-28-5-6-29-32(30,31)15-8-13(17(22,23)24)7-14(9-15)18(25,26)27/h1-4,7-9,28-29H,5-6,10H2.